The first-order valence-electron chi connectivity index (χ1n) is 8.20. The first-order chi connectivity index (χ1) is 12.8. The van der Waals surface area contributed by atoms with Crippen LogP contribution in [0.4, 0.5) is 5.69 Å². The van der Waals surface area contributed by atoms with Gasteiger partial charge in [-0.1, -0.05) is 12.1 Å². The average molecular weight is 371 g/mol. The van der Waals surface area contributed by atoms with Crippen LogP contribution in [0.2, 0.25) is 0 Å². The number of carbonyl (C=O) groups is 3. The highest BCUT2D eigenvalue weighted by Crippen LogP contribution is 2.23. The number of para-hydroxylation sites is 1. The summed E-state index contributed by atoms with van der Waals surface area (Å²) in [6.07, 6.45) is -1.07. The first-order valence-corrected chi connectivity index (χ1v) is 8.20. The maximum Gasteiger partial charge on any atom is 0.339 e. The number of Topliss-reactive ketones (excluding diaryl/α,β-unsaturated/α-hetero) is 1. The van der Waals surface area contributed by atoms with E-state index in [1.807, 2.05) is 0 Å². The second-order valence-corrected chi connectivity index (χ2v) is 5.74. The molecule has 7 nitrogen and oxygen atoms in total. The Bertz CT molecular complexity index is 839. The Kier molecular flexibility index (Phi) is 6.54. The van der Waals surface area contributed by atoms with E-state index in [1.54, 1.807) is 30.3 Å². The van der Waals surface area contributed by atoms with E-state index < -0.39 is 18.0 Å². The molecule has 0 spiro atoms. The van der Waals surface area contributed by atoms with E-state index in [2.05, 4.69) is 5.32 Å². The van der Waals surface area contributed by atoms with Crippen LogP contribution in [0.1, 0.15) is 34.6 Å². The van der Waals surface area contributed by atoms with Crippen LogP contribution >= 0.6 is 0 Å². The molecule has 0 bridgehead atoms. The van der Waals surface area contributed by atoms with Gasteiger partial charge in [0, 0.05) is 11.6 Å². The van der Waals surface area contributed by atoms with Gasteiger partial charge in [-0.05, 0) is 38.1 Å². The maximum atomic E-state index is 12.4. The maximum absolute atomic E-state index is 12.4. The molecule has 1 N–H and O–H groups in total. The van der Waals surface area contributed by atoms with Crippen molar-refractivity contribution in [3.05, 3.63) is 53.6 Å². The third kappa shape index (κ3) is 5.07. The summed E-state index contributed by atoms with van der Waals surface area (Å²) in [4.78, 5) is 36.3. The van der Waals surface area contributed by atoms with Gasteiger partial charge < -0.3 is 19.5 Å². The normalized spacial score (nSPS) is 11.3. The summed E-state index contributed by atoms with van der Waals surface area (Å²) >= 11 is 0. The van der Waals surface area contributed by atoms with Gasteiger partial charge in [0.05, 0.1) is 25.5 Å². The van der Waals surface area contributed by atoms with Crippen LogP contribution in [0.3, 0.4) is 0 Å². The molecule has 0 aromatic heterocycles. The molecule has 0 saturated carbocycles. The van der Waals surface area contributed by atoms with Gasteiger partial charge in [0.25, 0.3) is 5.91 Å². The van der Waals surface area contributed by atoms with E-state index in [1.165, 1.54) is 40.2 Å². The van der Waals surface area contributed by atoms with Gasteiger partial charge in [-0.3, -0.25) is 9.59 Å². The summed E-state index contributed by atoms with van der Waals surface area (Å²) in [5, 5.41) is 2.61. The zero-order chi connectivity index (χ0) is 20.0. The topological polar surface area (TPSA) is 90.9 Å². The Morgan fingerprint density at radius 2 is 1.56 bits per heavy atom. The molecule has 0 radical (unpaired) electrons. The number of benzene rings is 2. The van der Waals surface area contributed by atoms with Crippen LogP contribution in [-0.2, 0) is 9.53 Å². The molecule has 0 heterocycles. The lowest BCUT2D eigenvalue weighted by molar-refractivity contribution is -0.123. The van der Waals surface area contributed by atoms with E-state index in [-0.39, 0.29) is 11.3 Å². The molecule has 27 heavy (non-hydrogen) atoms. The van der Waals surface area contributed by atoms with Gasteiger partial charge in [0.15, 0.2) is 11.9 Å². The summed E-state index contributed by atoms with van der Waals surface area (Å²) in [7, 11) is 2.93. The SMILES string of the molecule is COc1cc(OC)cc(C(=O)OC(C)C(=O)Nc2ccccc2C(C)=O)c1. The minimum absolute atomic E-state index is 0.181. The largest absolute Gasteiger partial charge is 0.497 e. The average Bonchev–Trinajstić information content (AvgIpc) is 2.67. The molecule has 0 saturated heterocycles. The molecule has 1 amide bonds. The van der Waals surface area contributed by atoms with E-state index in [9.17, 15) is 14.4 Å². The predicted octanol–water partition coefficient (Wildman–Crippen LogP) is 3.09. The highest BCUT2D eigenvalue weighted by molar-refractivity contribution is 6.05. The van der Waals surface area contributed by atoms with Crippen molar-refractivity contribution >= 4 is 23.3 Å². The Morgan fingerprint density at radius 1 is 0.963 bits per heavy atom. The molecular formula is C20H21NO6. The van der Waals surface area contributed by atoms with Crippen LogP contribution in [0.15, 0.2) is 42.5 Å². The lowest BCUT2D eigenvalue weighted by Crippen LogP contribution is -2.30. The van der Waals surface area contributed by atoms with Crippen LogP contribution < -0.4 is 14.8 Å². The molecule has 0 aliphatic heterocycles. The zero-order valence-electron chi connectivity index (χ0n) is 15.6. The highest BCUT2D eigenvalue weighted by atomic mass is 16.5. The molecule has 2 aromatic rings. The van der Waals surface area contributed by atoms with Gasteiger partial charge >= 0.3 is 5.97 Å². The fourth-order valence-corrected chi connectivity index (χ4v) is 2.34. The third-order valence-electron chi connectivity index (χ3n) is 3.80. The minimum atomic E-state index is -1.07. The number of rotatable bonds is 7. The number of ketones is 1. The molecular weight excluding hydrogens is 350 g/mol. The summed E-state index contributed by atoms with van der Waals surface area (Å²) < 4.78 is 15.5. The van der Waals surface area contributed by atoms with E-state index in [0.29, 0.717) is 22.7 Å². The molecule has 7 heteroatoms. The van der Waals surface area contributed by atoms with Crippen LogP contribution in [0, 0.1) is 0 Å². The number of methoxy groups -OCH3 is 2. The number of amides is 1. The zero-order valence-corrected chi connectivity index (χ0v) is 15.6. The van der Waals surface area contributed by atoms with Gasteiger partial charge in [0.1, 0.15) is 11.5 Å². The Morgan fingerprint density at radius 3 is 2.11 bits per heavy atom. The van der Waals surface area contributed by atoms with Gasteiger partial charge in [-0.15, -0.1) is 0 Å². The Balaban J connectivity index is 2.10. The summed E-state index contributed by atoms with van der Waals surface area (Å²) in [6, 6.07) is 11.2. The number of hydrogen-bond acceptors (Lipinski definition) is 6. The molecule has 0 fully saturated rings. The van der Waals surface area contributed by atoms with E-state index >= 15 is 0 Å². The standard InChI is InChI=1S/C20H21NO6/c1-12(22)17-7-5-6-8-18(17)21-19(23)13(2)27-20(24)14-9-15(25-3)11-16(10-14)26-4/h5-11,13H,1-4H3,(H,21,23). The van der Waals surface area contributed by atoms with Crippen molar-refractivity contribution in [2.75, 3.05) is 19.5 Å². The summed E-state index contributed by atoms with van der Waals surface area (Å²) in [5.74, 6) is -0.580. The molecule has 142 valence electrons. The van der Waals surface area contributed by atoms with Crippen LogP contribution in [0.25, 0.3) is 0 Å². The molecule has 1 atom stereocenters. The lowest BCUT2D eigenvalue weighted by Gasteiger charge is -2.15. The Labute approximate surface area is 157 Å². The van der Waals surface area contributed by atoms with Crippen molar-refractivity contribution < 1.29 is 28.6 Å². The smallest absolute Gasteiger partial charge is 0.339 e. The van der Waals surface area contributed by atoms with E-state index in [0.717, 1.165) is 0 Å². The van der Waals surface area contributed by atoms with Crippen molar-refractivity contribution in [3.8, 4) is 11.5 Å². The fourth-order valence-electron chi connectivity index (χ4n) is 2.34. The summed E-state index contributed by atoms with van der Waals surface area (Å²) in [6.45, 7) is 2.85. The molecule has 0 aliphatic carbocycles. The summed E-state index contributed by atoms with van der Waals surface area (Å²) in [5.41, 5.74) is 0.929. The van der Waals surface area contributed by atoms with Gasteiger partial charge in [-0.2, -0.15) is 0 Å². The van der Waals surface area contributed by atoms with Crippen molar-refractivity contribution in [1.82, 2.24) is 0 Å². The quantitative estimate of drug-likeness (QED) is 0.594. The second kappa shape index (κ2) is 8.84. The van der Waals surface area contributed by atoms with Crippen molar-refractivity contribution in [2.45, 2.75) is 20.0 Å². The van der Waals surface area contributed by atoms with Crippen molar-refractivity contribution in [1.29, 1.82) is 0 Å². The minimum Gasteiger partial charge on any atom is -0.497 e. The van der Waals surface area contributed by atoms with E-state index in [4.69, 9.17) is 14.2 Å². The second-order valence-electron chi connectivity index (χ2n) is 5.74. The highest BCUT2D eigenvalue weighted by Gasteiger charge is 2.21. The Hall–Kier alpha value is -3.35. The molecule has 0 aliphatic rings. The number of hydrogen-bond donors (Lipinski definition) is 1. The van der Waals surface area contributed by atoms with Crippen molar-refractivity contribution in [3.63, 3.8) is 0 Å². The predicted molar refractivity (Wildman–Crippen MR) is 99.5 cm³/mol. The third-order valence-corrected chi connectivity index (χ3v) is 3.80. The van der Waals surface area contributed by atoms with Gasteiger partial charge in [-0.25, -0.2) is 4.79 Å². The van der Waals surface area contributed by atoms with Gasteiger partial charge in [0.2, 0.25) is 0 Å². The van der Waals surface area contributed by atoms with Crippen molar-refractivity contribution in [2.24, 2.45) is 0 Å². The number of esters is 1. The van der Waals surface area contributed by atoms with Crippen LogP contribution in [0.5, 0.6) is 11.5 Å². The molecule has 2 rings (SSSR count). The first kappa shape index (κ1) is 20.0. The fraction of sp³-hybridized carbons (Fsp3) is 0.250. The number of nitrogens with one attached hydrogen (secondary N) is 1. The monoisotopic (exact) mass is 371 g/mol. The number of anilines is 1. The molecule has 1 unspecified atom stereocenters. The molecule has 2 aromatic carbocycles. The lowest BCUT2D eigenvalue weighted by atomic mass is 10.1. The number of carbonyl (C=O) groups excluding carboxylic acids is 3. The number of ether oxygens (including phenoxy) is 3. The van der Waals surface area contributed by atoms with Crippen LogP contribution in [-0.4, -0.2) is 38.0 Å².